The Hall–Kier alpha value is -3.35. The van der Waals surface area contributed by atoms with Crippen molar-refractivity contribution in [2.45, 2.75) is 40.0 Å². The molecule has 29 heavy (non-hydrogen) atoms. The molecule has 7 nitrogen and oxygen atoms in total. The Morgan fingerprint density at radius 3 is 2.52 bits per heavy atom. The minimum Gasteiger partial charge on any atom is -0.506 e. The number of rotatable bonds is 4. The molecule has 0 atom stereocenters. The number of carbonyl (C=O) groups excluding carboxylic acids is 1. The van der Waals surface area contributed by atoms with Gasteiger partial charge in [-0.2, -0.15) is 0 Å². The van der Waals surface area contributed by atoms with Gasteiger partial charge in [0.2, 0.25) is 0 Å². The van der Waals surface area contributed by atoms with Gasteiger partial charge in [-0.05, 0) is 54.7 Å². The minimum absolute atomic E-state index is 0.00301. The molecule has 7 heteroatoms. The molecule has 0 saturated heterocycles. The molecular formula is C22H26N4O3. The number of carbonyl (C=O) groups is 1. The number of aromatic hydroxyl groups is 1. The van der Waals surface area contributed by atoms with E-state index < -0.39 is 5.91 Å². The summed E-state index contributed by atoms with van der Waals surface area (Å²) < 4.78 is 6.99. The first kappa shape index (κ1) is 20.4. The van der Waals surface area contributed by atoms with E-state index in [1.165, 1.54) is 0 Å². The molecule has 0 unspecified atom stereocenters. The van der Waals surface area contributed by atoms with E-state index in [4.69, 9.17) is 4.74 Å². The van der Waals surface area contributed by atoms with E-state index in [1.54, 1.807) is 30.8 Å². The second kappa shape index (κ2) is 7.58. The lowest BCUT2D eigenvalue weighted by Gasteiger charge is -2.20. The van der Waals surface area contributed by atoms with Crippen LogP contribution in [0, 0.1) is 13.8 Å². The average Bonchev–Trinajstić information content (AvgIpc) is 3.04. The monoisotopic (exact) mass is 394 g/mol. The van der Waals surface area contributed by atoms with Crippen molar-refractivity contribution in [3.05, 3.63) is 58.9 Å². The summed E-state index contributed by atoms with van der Waals surface area (Å²) in [5.41, 5.74) is 3.69. The van der Waals surface area contributed by atoms with Crippen molar-refractivity contribution in [2.75, 3.05) is 12.4 Å². The Kier molecular flexibility index (Phi) is 5.33. The van der Waals surface area contributed by atoms with Gasteiger partial charge < -0.3 is 15.2 Å². The molecule has 1 amide bonds. The van der Waals surface area contributed by atoms with Gasteiger partial charge >= 0.3 is 0 Å². The van der Waals surface area contributed by atoms with Crippen molar-refractivity contribution < 1.29 is 14.6 Å². The predicted molar refractivity (Wildman–Crippen MR) is 112 cm³/mol. The number of nitrogens with one attached hydrogen (secondary N) is 1. The van der Waals surface area contributed by atoms with E-state index in [-0.39, 0.29) is 16.9 Å². The second-order valence-electron chi connectivity index (χ2n) is 8.05. The highest BCUT2D eigenvalue weighted by atomic mass is 16.5. The highest BCUT2D eigenvalue weighted by molar-refractivity contribution is 6.04. The summed E-state index contributed by atoms with van der Waals surface area (Å²) >= 11 is 0. The zero-order chi connectivity index (χ0) is 21.3. The molecule has 0 bridgehead atoms. The number of aromatic nitrogens is 3. The Bertz CT molecular complexity index is 1060. The molecular weight excluding hydrogens is 368 g/mol. The van der Waals surface area contributed by atoms with Gasteiger partial charge in [0.05, 0.1) is 18.5 Å². The molecule has 152 valence electrons. The number of nitrogens with zero attached hydrogens (tertiary/aromatic N) is 3. The summed E-state index contributed by atoms with van der Waals surface area (Å²) in [6.45, 7) is 9.93. The largest absolute Gasteiger partial charge is 0.506 e. The molecule has 3 aromatic rings. The molecule has 0 aliphatic carbocycles. The summed E-state index contributed by atoms with van der Waals surface area (Å²) in [6.07, 6.45) is 0. The minimum atomic E-state index is -0.443. The lowest BCUT2D eigenvalue weighted by Crippen LogP contribution is -2.16. The van der Waals surface area contributed by atoms with Gasteiger partial charge in [-0.15, -0.1) is 5.10 Å². The smallest absolute Gasteiger partial charge is 0.278 e. The Morgan fingerprint density at radius 1 is 1.14 bits per heavy atom. The van der Waals surface area contributed by atoms with Crippen LogP contribution in [0.1, 0.15) is 48.1 Å². The maximum absolute atomic E-state index is 12.8. The standard InChI is InChI=1S/C22H26N4O3/c1-13-7-10-19(29-6)17(11-13)26-14(2)20(24-25-26)21(28)23-16-12-15(22(3,4)5)8-9-18(16)27/h7-12,27H,1-6H3,(H,23,28). The van der Waals surface area contributed by atoms with Crippen molar-refractivity contribution in [3.8, 4) is 17.2 Å². The van der Waals surface area contributed by atoms with Crippen LogP contribution in [0.2, 0.25) is 0 Å². The number of phenols is 1. The number of hydrogen-bond donors (Lipinski definition) is 2. The van der Waals surface area contributed by atoms with E-state index in [0.717, 1.165) is 11.1 Å². The number of phenolic OH excluding ortho intramolecular Hbond substituents is 1. The Balaban J connectivity index is 1.94. The van der Waals surface area contributed by atoms with Gasteiger partial charge in [-0.1, -0.05) is 38.1 Å². The molecule has 0 spiro atoms. The van der Waals surface area contributed by atoms with Gasteiger partial charge in [0, 0.05) is 0 Å². The first-order valence-electron chi connectivity index (χ1n) is 9.34. The van der Waals surface area contributed by atoms with Crippen LogP contribution < -0.4 is 10.1 Å². The molecule has 3 rings (SSSR count). The molecule has 2 N–H and O–H groups in total. The van der Waals surface area contributed by atoms with Crippen LogP contribution in [-0.4, -0.2) is 33.1 Å². The van der Waals surface area contributed by atoms with Crippen molar-refractivity contribution in [1.82, 2.24) is 15.0 Å². The predicted octanol–water partition coefficient (Wildman–Crippen LogP) is 4.15. The lowest BCUT2D eigenvalue weighted by molar-refractivity contribution is 0.102. The van der Waals surface area contributed by atoms with Crippen molar-refractivity contribution in [1.29, 1.82) is 0 Å². The number of aryl methyl sites for hydroxylation is 1. The fraction of sp³-hybridized carbons (Fsp3) is 0.318. The zero-order valence-corrected chi connectivity index (χ0v) is 17.6. The van der Waals surface area contributed by atoms with Crippen molar-refractivity contribution >= 4 is 11.6 Å². The Labute approximate surface area is 170 Å². The molecule has 0 radical (unpaired) electrons. The highest BCUT2D eigenvalue weighted by Gasteiger charge is 2.21. The molecule has 0 saturated carbocycles. The maximum Gasteiger partial charge on any atom is 0.278 e. The summed E-state index contributed by atoms with van der Waals surface area (Å²) in [5.74, 6) is 0.185. The van der Waals surface area contributed by atoms with Crippen LogP contribution in [0.15, 0.2) is 36.4 Å². The van der Waals surface area contributed by atoms with Crippen LogP contribution in [0.5, 0.6) is 11.5 Å². The normalized spacial score (nSPS) is 11.4. The molecule has 1 aromatic heterocycles. The van der Waals surface area contributed by atoms with Crippen LogP contribution in [0.3, 0.4) is 0 Å². The molecule has 0 aliphatic heterocycles. The molecule has 0 aliphatic rings. The first-order valence-corrected chi connectivity index (χ1v) is 9.34. The molecule has 2 aromatic carbocycles. The third-order valence-electron chi connectivity index (χ3n) is 4.78. The quantitative estimate of drug-likeness (QED) is 0.649. The van der Waals surface area contributed by atoms with Gasteiger partial charge in [-0.3, -0.25) is 4.79 Å². The second-order valence-corrected chi connectivity index (χ2v) is 8.05. The van der Waals surface area contributed by atoms with E-state index >= 15 is 0 Å². The van der Waals surface area contributed by atoms with Gasteiger partial charge in [0.15, 0.2) is 5.69 Å². The van der Waals surface area contributed by atoms with E-state index in [0.29, 0.717) is 22.8 Å². The summed E-state index contributed by atoms with van der Waals surface area (Å²) in [4.78, 5) is 12.8. The van der Waals surface area contributed by atoms with E-state index in [9.17, 15) is 9.90 Å². The first-order chi connectivity index (χ1) is 13.6. The van der Waals surface area contributed by atoms with E-state index in [2.05, 4.69) is 36.4 Å². The van der Waals surface area contributed by atoms with Crippen LogP contribution in [-0.2, 0) is 5.41 Å². The number of amides is 1. The fourth-order valence-corrected chi connectivity index (χ4v) is 3.02. The molecule has 0 fully saturated rings. The van der Waals surface area contributed by atoms with Crippen molar-refractivity contribution in [2.24, 2.45) is 0 Å². The Morgan fingerprint density at radius 2 is 1.86 bits per heavy atom. The number of methoxy groups -OCH3 is 1. The fourth-order valence-electron chi connectivity index (χ4n) is 3.02. The summed E-state index contributed by atoms with van der Waals surface area (Å²) in [5, 5.41) is 21.1. The summed E-state index contributed by atoms with van der Waals surface area (Å²) in [7, 11) is 1.58. The van der Waals surface area contributed by atoms with Gasteiger partial charge in [0.1, 0.15) is 17.2 Å². The third kappa shape index (κ3) is 4.08. The third-order valence-corrected chi connectivity index (χ3v) is 4.78. The number of anilines is 1. The average molecular weight is 394 g/mol. The highest BCUT2D eigenvalue weighted by Crippen LogP contribution is 2.31. The maximum atomic E-state index is 12.8. The summed E-state index contributed by atoms with van der Waals surface area (Å²) in [6, 6.07) is 10.9. The van der Waals surface area contributed by atoms with Gasteiger partial charge in [-0.25, -0.2) is 4.68 Å². The zero-order valence-electron chi connectivity index (χ0n) is 17.6. The van der Waals surface area contributed by atoms with Crippen LogP contribution in [0.4, 0.5) is 5.69 Å². The molecule has 1 heterocycles. The van der Waals surface area contributed by atoms with Gasteiger partial charge in [0.25, 0.3) is 5.91 Å². The van der Waals surface area contributed by atoms with E-state index in [1.807, 2.05) is 31.2 Å². The van der Waals surface area contributed by atoms with Crippen LogP contribution >= 0.6 is 0 Å². The number of ether oxygens (including phenoxy) is 1. The number of benzene rings is 2. The SMILES string of the molecule is COc1ccc(C)cc1-n1nnc(C(=O)Nc2cc(C(C)(C)C)ccc2O)c1C. The lowest BCUT2D eigenvalue weighted by atomic mass is 9.87. The van der Waals surface area contributed by atoms with Crippen LogP contribution in [0.25, 0.3) is 5.69 Å². The number of hydrogen-bond acceptors (Lipinski definition) is 5. The van der Waals surface area contributed by atoms with Crippen molar-refractivity contribution in [3.63, 3.8) is 0 Å². The topological polar surface area (TPSA) is 89.3 Å².